The molecule has 6 heteroatoms. The van der Waals surface area contributed by atoms with Crippen molar-refractivity contribution in [3.63, 3.8) is 0 Å². The number of aliphatic hydroxyl groups excluding tert-OH is 1. The Morgan fingerprint density at radius 2 is 2.16 bits per heavy atom. The Bertz CT molecular complexity index is 449. The van der Waals surface area contributed by atoms with Gasteiger partial charge < -0.3 is 10.8 Å². The highest BCUT2D eigenvalue weighted by molar-refractivity contribution is 6.11. The molecule has 6 N–H and O–H groups in total. The molecule has 1 atom stereocenters. The van der Waals surface area contributed by atoms with Crippen LogP contribution < -0.4 is 16.4 Å². The number of rotatable bonds is 7. The Hall–Kier alpha value is -1.76. The summed E-state index contributed by atoms with van der Waals surface area (Å²) in [6.45, 7) is 2.26. The third-order valence-corrected chi connectivity index (χ3v) is 2.78. The van der Waals surface area contributed by atoms with Crippen LogP contribution in [0.25, 0.3) is 0 Å². The van der Waals surface area contributed by atoms with Crippen molar-refractivity contribution in [3.05, 3.63) is 41.4 Å². The fourth-order valence-electron chi connectivity index (χ4n) is 1.57. The summed E-state index contributed by atoms with van der Waals surface area (Å²) < 4.78 is 0. The number of aliphatic hydroxyl groups is 1. The van der Waals surface area contributed by atoms with E-state index < -0.39 is 6.35 Å². The second-order valence-electron chi connectivity index (χ2n) is 4.04. The van der Waals surface area contributed by atoms with Crippen LogP contribution in [0.3, 0.4) is 0 Å². The number of allylic oxidation sites excluding steroid dienone is 1. The highest BCUT2D eigenvalue weighted by Crippen LogP contribution is 2.11. The summed E-state index contributed by atoms with van der Waals surface area (Å²) in [6, 6.07) is 3.53. The molecule has 0 fully saturated rings. The molecule has 0 bridgehead atoms. The minimum atomic E-state index is -0.829. The van der Waals surface area contributed by atoms with Crippen molar-refractivity contribution in [2.24, 2.45) is 5.73 Å². The van der Waals surface area contributed by atoms with Crippen LogP contribution in [0.15, 0.2) is 35.8 Å². The molecule has 106 valence electrons. The SMILES string of the molecule is CC/C(N)=C(\CNC(O)NC)C(=N)c1ccncc1.[HH]. The molecule has 0 aliphatic carbocycles. The Kier molecular flexibility index (Phi) is 6.14. The molecular formula is C13H23N5O. The van der Waals surface area contributed by atoms with Crippen LogP contribution in [-0.2, 0) is 0 Å². The van der Waals surface area contributed by atoms with Gasteiger partial charge in [0.05, 0.1) is 5.71 Å². The predicted octanol–water partition coefficient (Wildman–Crippen LogP) is 0.403. The molecule has 1 aromatic heterocycles. The molecule has 6 nitrogen and oxygen atoms in total. The third-order valence-electron chi connectivity index (χ3n) is 2.78. The Balaban J connectivity index is 0.00000361. The van der Waals surface area contributed by atoms with Gasteiger partial charge in [-0.05, 0) is 25.6 Å². The van der Waals surface area contributed by atoms with Gasteiger partial charge in [-0.1, -0.05) is 6.92 Å². The monoisotopic (exact) mass is 265 g/mol. The molecule has 19 heavy (non-hydrogen) atoms. The van der Waals surface area contributed by atoms with Gasteiger partial charge in [0.25, 0.3) is 0 Å². The summed E-state index contributed by atoms with van der Waals surface area (Å²) in [4.78, 5) is 3.93. The number of nitrogens with two attached hydrogens (primary N) is 1. The minimum absolute atomic E-state index is 0. The summed E-state index contributed by atoms with van der Waals surface area (Å²) in [7, 11) is 1.64. The van der Waals surface area contributed by atoms with Crippen molar-refractivity contribution in [1.82, 2.24) is 15.6 Å². The second-order valence-corrected chi connectivity index (χ2v) is 4.04. The lowest BCUT2D eigenvalue weighted by Gasteiger charge is -2.16. The maximum Gasteiger partial charge on any atom is 0.160 e. The van der Waals surface area contributed by atoms with Gasteiger partial charge >= 0.3 is 0 Å². The minimum Gasteiger partial charge on any atom is -0.402 e. The second kappa shape index (κ2) is 7.63. The van der Waals surface area contributed by atoms with Gasteiger partial charge in [-0.2, -0.15) is 0 Å². The zero-order valence-electron chi connectivity index (χ0n) is 11.3. The number of nitrogens with one attached hydrogen (secondary N) is 3. The largest absolute Gasteiger partial charge is 0.402 e. The summed E-state index contributed by atoms with van der Waals surface area (Å²) in [5.41, 5.74) is 8.38. The van der Waals surface area contributed by atoms with Gasteiger partial charge in [0.1, 0.15) is 0 Å². The van der Waals surface area contributed by atoms with Gasteiger partial charge in [0.2, 0.25) is 0 Å². The molecule has 0 aliphatic heterocycles. The fourth-order valence-corrected chi connectivity index (χ4v) is 1.57. The molecule has 1 heterocycles. The lowest BCUT2D eigenvalue weighted by molar-refractivity contribution is 0.114. The number of aromatic nitrogens is 1. The Labute approximate surface area is 114 Å². The number of hydrogen-bond donors (Lipinski definition) is 5. The van der Waals surface area contributed by atoms with E-state index in [9.17, 15) is 5.11 Å². The van der Waals surface area contributed by atoms with Crippen LogP contribution >= 0.6 is 0 Å². The van der Waals surface area contributed by atoms with Crippen LogP contribution in [0.1, 0.15) is 20.3 Å². The Morgan fingerprint density at radius 1 is 1.53 bits per heavy atom. The first kappa shape index (κ1) is 15.3. The topological polar surface area (TPSA) is 107 Å². The maximum atomic E-state index is 9.45. The molecule has 1 unspecified atom stereocenters. The molecule has 1 aromatic rings. The van der Waals surface area contributed by atoms with Gasteiger partial charge in [-0.3, -0.25) is 21.0 Å². The normalized spacial score (nSPS) is 13.8. The van der Waals surface area contributed by atoms with Gasteiger partial charge in [-0.25, -0.2) is 0 Å². The maximum absolute atomic E-state index is 9.45. The van der Waals surface area contributed by atoms with Crippen molar-refractivity contribution in [3.8, 4) is 0 Å². The summed E-state index contributed by atoms with van der Waals surface area (Å²) in [6.07, 6.45) is 3.10. The number of pyridine rings is 1. The van der Waals surface area contributed by atoms with Crippen LogP contribution in [0.4, 0.5) is 0 Å². The lowest BCUT2D eigenvalue weighted by Crippen LogP contribution is -2.41. The molecular weight excluding hydrogens is 242 g/mol. The van der Waals surface area contributed by atoms with E-state index in [4.69, 9.17) is 11.1 Å². The van der Waals surface area contributed by atoms with Crippen molar-refractivity contribution >= 4 is 5.71 Å². The summed E-state index contributed by atoms with van der Waals surface area (Å²) in [5.74, 6) is 0. The van der Waals surface area contributed by atoms with E-state index in [1.165, 1.54) is 0 Å². The zero-order chi connectivity index (χ0) is 14.3. The van der Waals surface area contributed by atoms with Crippen molar-refractivity contribution < 1.29 is 6.53 Å². The summed E-state index contributed by atoms with van der Waals surface area (Å²) in [5, 5.41) is 23.2. The van der Waals surface area contributed by atoms with Gasteiger partial charge in [-0.15, -0.1) is 0 Å². The molecule has 0 saturated heterocycles. The van der Waals surface area contributed by atoms with Crippen LogP contribution in [0, 0.1) is 5.41 Å². The van der Waals surface area contributed by atoms with E-state index in [0.717, 1.165) is 5.56 Å². The Morgan fingerprint density at radius 3 is 2.68 bits per heavy atom. The van der Waals surface area contributed by atoms with Crippen LogP contribution in [0.5, 0.6) is 0 Å². The molecule has 0 aromatic carbocycles. The quantitative estimate of drug-likeness (QED) is 0.362. The van der Waals surface area contributed by atoms with Crippen LogP contribution in [0.2, 0.25) is 0 Å². The van der Waals surface area contributed by atoms with E-state index in [1.807, 2.05) is 6.92 Å². The van der Waals surface area contributed by atoms with E-state index in [-0.39, 0.29) is 1.43 Å². The first-order chi connectivity index (χ1) is 9.10. The van der Waals surface area contributed by atoms with Crippen molar-refractivity contribution in [2.45, 2.75) is 19.7 Å². The predicted molar refractivity (Wildman–Crippen MR) is 77.8 cm³/mol. The third kappa shape index (κ3) is 4.44. The molecule has 0 saturated carbocycles. The highest BCUT2D eigenvalue weighted by Gasteiger charge is 2.12. The highest BCUT2D eigenvalue weighted by atomic mass is 16.3. The number of hydrogen-bond acceptors (Lipinski definition) is 6. The van der Waals surface area contributed by atoms with Crippen molar-refractivity contribution in [2.75, 3.05) is 13.6 Å². The average Bonchev–Trinajstić information content (AvgIpc) is 2.47. The molecule has 0 radical (unpaired) electrons. The smallest absolute Gasteiger partial charge is 0.160 e. The van der Waals surface area contributed by atoms with E-state index in [0.29, 0.717) is 29.9 Å². The first-order valence-electron chi connectivity index (χ1n) is 6.15. The molecule has 0 amide bonds. The standard InChI is InChI=1S/C13H21N5O.H2/c1-3-11(14)10(8-18-13(19)16-2)12(15)9-4-6-17-7-5-9;/h4-7,13,15-16,18-19H,3,8,14H2,1-2H3;1H/b11-10-,15-12?;. The van der Waals surface area contributed by atoms with Crippen LogP contribution in [-0.4, -0.2) is 35.7 Å². The lowest BCUT2D eigenvalue weighted by atomic mass is 10.0. The van der Waals surface area contributed by atoms with Gasteiger partial charge in [0, 0.05) is 37.2 Å². The fraction of sp³-hybridized carbons (Fsp3) is 0.385. The molecule has 0 aliphatic rings. The first-order valence-corrected chi connectivity index (χ1v) is 6.15. The van der Waals surface area contributed by atoms with Crippen molar-refractivity contribution in [1.29, 1.82) is 5.41 Å². The van der Waals surface area contributed by atoms with Gasteiger partial charge in [0.15, 0.2) is 6.35 Å². The van der Waals surface area contributed by atoms with E-state index in [1.54, 1.807) is 31.6 Å². The van der Waals surface area contributed by atoms with E-state index >= 15 is 0 Å². The molecule has 1 rings (SSSR count). The average molecular weight is 265 g/mol. The zero-order valence-corrected chi connectivity index (χ0v) is 11.3. The summed E-state index contributed by atoms with van der Waals surface area (Å²) >= 11 is 0. The van der Waals surface area contributed by atoms with E-state index in [2.05, 4.69) is 15.6 Å². The molecule has 0 spiro atoms. The number of nitrogens with zero attached hydrogens (tertiary/aromatic N) is 1.